The molecule has 3 aliphatic rings. The van der Waals surface area contributed by atoms with Gasteiger partial charge in [0, 0.05) is 50.1 Å². The molecule has 12 heteroatoms. The number of fused-ring (bicyclic) bond motifs is 4. The number of nitrogens with zero attached hydrogens (tertiary/aromatic N) is 6. The molecule has 2 aromatic heterocycles. The monoisotopic (exact) mass is 1440 g/mol. The van der Waals surface area contributed by atoms with Gasteiger partial charge in [0.15, 0.2) is 29.1 Å². The topological polar surface area (TPSA) is 114 Å². The van der Waals surface area contributed by atoms with Crippen molar-refractivity contribution in [3.05, 3.63) is 426 Å². The number of para-hydroxylation sites is 4. The molecule has 0 unspecified atom stereocenters. The van der Waals surface area contributed by atoms with Crippen LogP contribution in [0.3, 0.4) is 0 Å². The van der Waals surface area contributed by atoms with Crippen molar-refractivity contribution in [2.24, 2.45) is 0 Å². The molecule has 0 aliphatic carbocycles. The third-order valence-corrected chi connectivity index (χ3v) is 21.4. The number of halogens is 1. The van der Waals surface area contributed by atoms with E-state index >= 15 is 0 Å². The summed E-state index contributed by atoms with van der Waals surface area (Å²) in [7, 11) is -0.393. The molecule has 10 nitrogen and oxygen atoms in total. The number of rotatable bonds is 12. The molecule has 0 atom stereocenters. The van der Waals surface area contributed by atoms with Crippen molar-refractivity contribution in [2.75, 3.05) is 0 Å². The Balaban J connectivity index is 0.000000128. The van der Waals surface area contributed by atoms with Crippen molar-refractivity contribution < 1.29 is 18.8 Å². The summed E-state index contributed by atoms with van der Waals surface area (Å²) in [6.07, 6.45) is 0. The van der Waals surface area contributed by atoms with Crippen molar-refractivity contribution in [3.63, 3.8) is 0 Å². The van der Waals surface area contributed by atoms with Gasteiger partial charge in [0.1, 0.15) is 23.0 Å². The van der Waals surface area contributed by atoms with Crippen molar-refractivity contribution >= 4 is 24.2 Å². The Morgan fingerprint density at radius 1 is 0.227 bits per heavy atom. The van der Waals surface area contributed by atoms with Crippen LogP contribution in [-0.4, -0.2) is 48.2 Å². The summed E-state index contributed by atoms with van der Waals surface area (Å²) >= 11 is 6.11. The van der Waals surface area contributed by atoms with Crippen LogP contribution in [0.1, 0.15) is 72.2 Å². The van der Waals surface area contributed by atoms with E-state index in [-0.39, 0.29) is 16.5 Å². The summed E-state index contributed by atoms with van der Waals surface area (Å²) in [5.74, 6) is 6.49. The molecular formula is C98H74BClN6O4. The van der Waals surface area contributed by atoms with E-state index in [1.54, 1.807) is 0 Å². The van der Waals surface area contributed by atoms with Crippen molar-refractivity contribution in [1.82, 2.24) is 29.9 Å². The highest BCUT2D eigenvalue weighted by Gasteiger charge is 2.52. The van der Waals surface area contributed by atoms with Crippen LogP contribution in [0.4, 0.5) is 0 Å². The largest absolute Gasteiger partial charge is 0.494 e. The number of aromatic nitrogens is 6. The van der Waals surface area contributed by atoms with Gasteiger partial charge in [-0.2, -0.15) is 9.97 Å². The molecule has 19 rings (SSSR count). The quantitative estimate of drug-likeness (QED) is 0.110. The maximum atomic E-state index is 6.48. The van der Waals surface area contributed by atoms with Gasteiger partial charge in [-0.25, -0.2) is 19.9 Å². The van der Waals surface area contributed by atoms with Crippen molar-refractivity contribution in [3.8, 4) is 102 Å². The van der Waals surface area contributed by atoms with Crippen LogP contribution in [0, 0.1) is 0 Å². The summed E-state index contributed by atoms with van der Waals surface area (Å²) in [6.45, 7) is 8.34. The van der Waals surface area contributed by atoms with Gasteiger partial charge in [-0.15, -0.1) is 0 Å². The van der Waals surface area contributed by atoms with Gasteiger partial charge in [-0.3, -0.25) is 0 Å². The molecule has 530 valence electrons. The van der Waals surface area contributed by atoms with Crippen LogP contribution in [0.5, 0.6) is 23.0 Å². The standard InChI is InChI=1S/C46H31N3O.C31H29BO3.C21H14ClN3/c1-4-14-32(15-5-1)33-24-26-35(27-25-33)44-47-43(34-16-6-2-7-17-34)48-45(49-44)36-28-30-38(31-29-36)46(37-18-8-3-9-19-37)39-20-10-12-22-41(39)50-42-23-13-11-21-40(42)46;1-29(2)30(3,4)35-32(34-29)24-20-18-23(19-21-24)31(22-12-6-5-7-13-22)25-14-8-10-16-27(25)33-28-17-11-9-15-26(28)31;22-21-24-19(17-9-5-2-6-10-17)23-20(25-21)18-13-11-16(12-14-18)15-7-3-1-4-8-15/h1-31H;5-21H,1-4H3;1-14H. The molecular weight excluding hydrogens is 1370 g/mol. The Hall–Kier alpha value is -13.0. The van der Waals surface area contributed by atoms with Gasteiger partial charge >= 0.3 is 7.12 Å². The Morgan fingerprint density at radius 3 is 0.764 bits per heavy atom. The fraction of sp³-hybridized carbons (Fsp3) is 0.0816. The number of hydrogen-bond donors (Lipinski definition) is 0. The van der Waals surface area contributed by atoms with E-state index in [4.69, 9.17) is 45.3 Å². The van der Waals surface area contributed by atoms with Crippen LogP contribution < -0.4 is 14.9 Å². The number of benzene rings is 14. The molecule has 110 heavy (non-hydrogen) atoms. The first-order valence-electron chi connectivity index (χ1n) is 36.9. The zero-order chi connectivity index (χ0) is 74.7. The van der Waals surface area contributed by atoms with Gasteiger partial charge in [-0.1, -0.05) is 352 Å². The molecule has 1 saturated heterocycles. The first-order valence-corrected chi connectivity index (χ1v) is 37.3. The highest BCUT2D eigenvalue weighted by atomic mass is 35.5. The number of hydrogen-bond acceptors (Lipinski definition) is 10. The first-order chi connectivity index (χ1) is 53.9. The molecule has 0 bridgehead atoms. The fourth-order valence-electron chi connectivity index (χ4n) is 15.1. The number of ether oxygens (including phenoxy) is 2. The minimum atomic E-state index is -0.592. The van der Waals surface area contributed by atoms with Crippen LogP contribution in [-0.2, 0) is 20.1 Å². The highest BCUT2D eigenvalue weighted by Crippen LogP contribution is 2.57. The van der Waals surface area contributed by atoms with Crippen LogP contribution >= 0.6 is 11.6 Å². The van der Waals surface area contributed by atoms with E-state index in [1.165, 1.54) is 27.8 Å². The highest BCUT2D eigenvalue weighted by molar-refractivity contribution is 6.62. The van der Waals surface area contributed by atoms with Gasteiger partial charge in [0.05, 0.1) is 22.0 Å². The lowest BCUT2D eigenvalue weighted by Crippen LogP contribution is -2.41. The maximum Gasteiger partial charge on any atom is 0.494 e. The SMILES string of the molecule is CC1(C)OB(c2ccc(C3(c4ccccc4)c4ccccc4Oc4ccccc43)cc2)OC1(C)C.Clc1nc(-c2ccccc2)nc(-c2ccc(-c3ccccc3)cc2)n1.c1ccc(-c2ccc(-c3nc(-c4ccccc4)nc(-c4ccc(C5(c6ccccc6)c6ccccc6Oc6ccccc65)cc4)n3)cc2)cc1. The Kier molecular flexibility index (Phi) is 19.1. The average Bonchev–Trinajstić information content (AvgIpc) is 0.722. The van der Waals surface area contributed by atoms with Crippen molar-refractivity contribution in [2.45, 2.75) is 49.7 Å². The molecule has 0 spiro atoms. The summed E-state index contributed by atoms with van der Waals surface area (Å²) in [6, 6.07) is 129. The van der Waals surface area contributed by atoms with Gasteiger partial charge < -0.3 is 18.8 Å². The molecule has 14 aromatic carbocycles. The lowest BCUT2D eigenvalue weighted by molar-refractivity contribution is 0.00578. The lowest BCUT2D eigenvalue weighted by Gasteiger charge is -2.41. The predicted octanol–water partition coefficient (Wildman–Crippen LogP) is 23.0. The minimum Gasteiger partial charge on any atom is -0.457 e. The summed E-state index contributed by atoms with van der Waals surface area (Å²) in [5.41, 5.74) is 17.5. The molecule has 0 amide bonds. The molecule has 0 radical (unpaired) electrons. The maximum absolute atomic E-state index is 6.48. The average molecular weight is 1450 g/mol. The molecule has 0 saturated carbocycles. The normalized spacial score (nSPS) is 14.2. The lowest BCUT2D eigenvalue weighted by atomic mass is 9.63. The Morgan fingerprint density at radius 2 is 0.445 bits per heavy atom. The van der Waals surface area contributed by atoms with E-state index in [2.05, 4.69) is 297 Å². The zero-order valence-electron chi connectivity index (χ0n) is 61.1. The second-order valence-electron chi connectivity index (χ2n) is 28.4. The second kappa shape index (κ2) is 30.0. The van der Waals surface area contributed by atoms with E-state index in [1.807, 2.05) is 121 Å². The summed E-state index contributed by atoms with van der Waals surface area (Å²) in [4.78, 5) is 28.1. The van der Waals surface area contributed by atoms with Gasteiger partial charge in [0.2, 0.25) is 5.28 Å². The van der Waals surface area contributed by atoms with Crippen LogP contribution in [0.2, 0.25) is 5.28 Å². The molecule has 3 aliphatic heterocycles. The van der Waals surface area contributed by atoms with E-state index in [9.17, 15) is 0 Å². The fourth-order valence-corrected chi connectivity index (χ4v) is 15.3. The molecule has 5 heterocycles. The van der Waals surface area contributed by atoms with Gasteiger partial charge in [0.25, 0.3) is 0 Å². The second-order valence-corrected chi connectivity index (χ2v) is 28.7. The van der Waals surface area contributed by atoms with E-state index < -0.39 is 17.9 Å². The van der Waals surface area contributed by atoms with Crippen LogP contribution in [0.15, 0.2) is 376 Å². The van der Waals surface area contributed by atoms with Gasteiger partial charge in [-0.05, 0) is 114 Å². The van der Waals surface area contributed by atoms with E-state index in [0.29, 0.717) is 29.1 Å². The molecule has 1 fully saturated rings. The molecule has 0 N–H and O–H groups in total. The van der Waals surface area contributed by atoms with Crippen molar-refractivity contribution in [1.29, 1.82) is 0 Å². The predicted molar refractivity (Wildman–Crippen MR) is 442 cm³/mol. The Labute approximate surface area is 646 Å². The first kappa shape index (κ1) is 70.0. The summed E-state index contributed by atoms with van der Waals surface area (Å²) in [5, 5.41) is 0.191. The van der Waals surface area contributed by atoms with E-state index in [0.717, 1.165) is 95.2 Å². The third-order valence-electron chi connectivity index (χ3n) is 21.3. The van der Waals surface area contributed by atoms with Crippen LogP contribution in [0.25, 0.3) is 79.2 Å². The summed E-state index contributed by atoms with van der Waals surface area (Å²) < 4.78 is 25.5. The third kappa shape index (κ3) is 13.4. The smallest absolute Gasteiger partial charge is 0.457 e. The zero-order valence-corrected chi connectivity index (χ0v) is 61.8. The minimum absolute atomic E-state index is 0.191. The molecule has 16 aromatic rings. The Bertz CT molecular complexity index is 5800.